The van der Waals surface area contributed by atoms with Gasteiger partial charge < -0.3 is 0 Å². The first-order valence-electron chi connectivity index (χ1n) is 22.4. The van der Waals surface area contributed by atoms with Crippen molar-refractivity contribution in [3.63, 3.8) is 0 Å². The summed E-state index contributed by atoms with van der Waals surface area (Å²) < 4.78 is 0. The lowest BCUT2D eigenvalue weighted by Crippen LogP contribution is -2.01. The predicted molar refractivity (Wildman–Crippen MR) is 274 cm³/mol. The van der Waals surface area contributed by atoms with Crippen molar-refractivity contribution < 1.29 is 0 Å². The topological polar surface area (TPSA) is 38.7 Å². The van der Waals surface area contributed by atoms with Gasteiger partial charge in [0.15, 0.2) is 17.5 Å². The van der Waals surface area contributed by atoms with E-state index in [1.807, 2.05) is 12.1 Å². The van der Waals surface area contributed by atoms with E-state index in [0.29, 0.717) is 17.5 Å². The summed E-state index contributed by atoms with van der Waals surface area (Å²) in [6, 6.07) is 92.1. The van der Waals surface area contributed by atoms with Gasteiger partial charge in [0.1, 0.15) is 0 Å². The standard InChI is InChI=1S/C63H43N3/c1-7-23-44(24-8-1)50-35-21-37-52(41-50)61-64-62(66-63(65-61)55-40-20-19-39-54(55)45-25-9-2-10-26-45)53-38-22-36-51(42-53)57-43-56(46-27-11-3-12-28-46)58(47-29-13-4-14-30-47)60(49-33-17-6-18-34-49)59(57)48-31-15-5-16-32-48/h1-43H. The Hall–Kier alpha value is -8.79. The van der Waals surface area contributed by atoms with Crippen LogP contribution in [0.4, 0.5) is 0 Å². The van der Waals surface area contributed by atoms with Crippen molar-refractivity contribution in [3.8, 4) is 112 Å². The van der Waals surface area contributed by atoms with Crippen molar-refractivity contribution in [1.29, 1.82) is 0 Å². The molecule has 66 heavy (non-hydrogen) atoms. The fraction of sp³-hybridized carbons (Fsp3) is 0. The molecule has 0 unspecified atom stereocenters. The molecule has 0 saturated carbocycles. The van der Waals surface area contributed by atoms with E-state index in [0.717, 1.165) is 83.5 Å². The number of rotatable bonds is 10. The van der Waals surface area contributed by atoms with Crippen LogP contribution >= 0.6 is 0 Å². The van der Waals surface area contributed by atoms with Crippen LogP contribution < -0.4 is 0 Å². The molecule has 10 aromatic carbocycles. The Kier molecular flexibility index (Phi) is 11.0. The minimum Gasteiger partial charge on any atom is -0.208 e. The Morgan fingerprint density at radius 2 is 0.485 bits per heavy atom. The second-order valence-electron chi connectivity index (χ2n) is 16.3. The Morgan fingerprint density at radius 1 is 0.167 bits per heavy atom. The molecule has 0 amide bonds. The van der Waals surface area contributed by atoms with Gasteiger partial charge in [0, 0.05) is 16.7 Å². The van der Waals surface area contributed by atoms with Crippen LogP contribution in [0.15, 0.2) is 261 Å². The second kappa shape index (κ2) is 18.1. The highest BCUT2D eigenvalue weighted by Crippen LogP contribution is 2.50. The summed E-state index contributed by atoms with van der Waals surface area (Å²) in [4.78, 5) is 15.9. The monoisotopic (exact) mass is 841 g/mol. The molecule has 0 aliphatic rings. The van der Waals surface area contributed by atoms with Gasteiger partial charge in [-0.15, -0.1) is 0 Å². The van der Waals surface area contributed by atoms with E-state index in [9.17, 15) is 0 Å². The molecule has 11 rings (SSSR count). The zero-order chi connectivity index (χ0) is 44.1. The van der Waals surface area contributed by atoms with Gasteiger partial charge in [-0.1, -0.05) is 243 Å². The summed E-state index contributed by atoms with van der Waals surface area (Å²) in [6.07, 6.45) is 0. The molecule has 0 N–H and O–H groups in total. The van der Waals surface area contributed by atoms with Crippen LogP contribution in [0, 0.1) is 0 Å². The molecular weight excluding hydrogens is 799 g/mol. The van der Waals surface area contributed by atoms with Gasteiger partial charge in [-0.3, -0.25) is 0 Å². The molecular formula is C63H43N3. The quantitative estimate of drug-likeness (QED) is 0.138. The van der Waals surface area contributed by atoms with E-state index in [1.165, 1.54) is 11.1 Å². The molecule has 0 saturated heterocycles. The maximum Gasteiger partial charge on any atom is 0.164 e. The number of hydrogen-bond acceptors (Lipinski definition) is 3. The largest absolute Gasteiger partial charge is 0.208 e. The van der Waals surface area contributed by atoms with E-state index >= 15 is 0 Å². The molecule has 3 nitrogen and oxygen atoms in total. The van der Waals surface area contributed by atoms with E-state index in [1.54, 1.807) is 0 Å². The summed E-state index contributed by atoms with van der Waals surface area (Å²) >= 11 is 0. The molecule has 1 heterocycles. The third-order valence-corrected chi connectivity index (χ3v) is 12.1. The first-order valence-corrected chi connectivity index (χ1v) is 22.4. The van der Waals surface area contributed by atoms with Crippen molar-refractivity contribution in [3.05, 3.63) is 261 Å². The summed E-state index contributed by atoms with van der Waals surface area (Å²) in [5, 5.41) is 0. The highest BCUT2D eigenvalue weighted by molar-refractivity contribution is 6.07. The normalized spacial score (nSPS) is 11.0. The molecule has 0 spiro atoms. The van der Waals surface area contributed by atoms with E-state index in [-0.39, 0.29) is 0 Å². The molecule has 0 atom stereocenters. The van der Waals surface area contributed by atoms with Crippen LogP contribution in [0.25, 0.3) is 112 Å². The second-order valence-corrected chi connectivity index (χ2v) is 16.3. The molecule has 0 radical (unpaired) electrons. The summed E-state index contributed by atoms with van der Waals surface area (Å²) in [5.41, 5.74) is 18.5. The van der Waals surface area contributed by atoms with Crippen LogP contribution in [0.2, 0.25) is 0 Å². The number of aromatic nitrogens is 3. The molecule has 3 heteroatoms. The van der Waals surface area contributed by atoms with Crippen LogP contribution in [-0.2, 0) is 0 Å². The van der Waals surface area contributed by atoms with Gasteiger partial charge in [0.2, 0.25) is 0 Å². The van der Waals surface area contributed by atoms with Crippen LogP contribution in [0.1, 0.15) is 0 Å². The van der Waals surface area contributed by atoms with Crippen molar-refractivity contribution in [2.45, 2.75) is 0 Å². The van der Waals surface area contributed by atoms with Crippen LogP contribution in [0.3, 0.4) is 0 Å². The predicted octanol–water partition coefficient (Wildman–Crippen LogP) is 16.5. The van der Waals surface area contributed by atoms with E-state index in [2.05, 4.69) is 249 Å². The van der Waals surface area contributed by atoms with Gasteiger partial charge in [-0.25, -0.2) is 15.0 Å². The Morgan fingerprint density at radius 3 is 0.985 bits per heavy atom. The minimum atomic E-state index is 0.596. The third kappa shape index (κ3) is 8.02. The Bertz CT molecular complexity index is 3430. The van der Waals surface area contributed by atoms with Gasteiger partial charge in [-0.2, -0.15) is 0 Å². The summed E-state index contributed by atoms with van der Waals surface area (Å²) in [6.45, 7) is 0. The fourth-order valence-electron chi connectivity index (χ4n) is 9.06. The van der Waals surface area contributed by atoms with Gasteiger partial charge >= 0.3 is 0 Å². The lowest BCUT2D eigenvalue weighted by molar-refractivity contribution is 1.07. The molecule has 310 valence electrons. The van der Waals surface area contributed by atoms with Gasteiger partial charge in [0.05, 0.1) is 0 Å². The van der Waals surface area contributed by atoms with Crippen LogP contribution in [-0.4, -0.2) is 15.0 Å². The number of hydrogen-bond donors (Lipinski definition) is 0. The zero-order valence-corrected chi connectivity index (χ0v) is 36.2. The number of nitrogens with zero attached hydrogens (tertiary/aromatic N) is 3. The van der Waals surface area contributed by atoms with Gasteiger partial charge in [0.25, 0.3) is 0 Å². The van der Waals surface area contributed by atoms with Crippen molar-refractivity contribution in [2.75, 3.05) is 0 Å². The average molecular weight is 842 g/mol. The molecule has 0 aliphatic heterocycles. The smallest absolute Gasteiger partial charge is 0.164 e. The SMILES string of the molecule is c1ccc(-c2cccc(-c3nc(-c4cccc(-c5cc(-c6ccccc6)c(-c6ccccc6)c(-c6ccccc6)c5-c5ccccc5)c4)nc(-c4ccccc4-c4ccccc4)n3)c2)cc1. The molecule has 0 aliphatic carbocycles. The molecule has 0 bridgehead atoms. The molecule has 0 fully saturated rings. The fourth-order valence-corrected chi connectivity index (χ4v) is 9.06. The minimum absolute atomic E-state index is 0.596. The van der Waals surface area contributed by atoms with Crippen molar-refractivity contribution in [1.82, 2.24) is 15.0 Å². The summed E-state index contributed by atoms with van der Waals surface area (Å²) in [5.74, 6) is 1.81. The lowest BCUT2D eigenvalue weighted by Gasteiger charge is -2.24. The highest BCUT2D eigenvalue weighted by Gasteiger charge is 2.24. The zero-order valence-electron chi connectivity index (χ0n) is 36.2. The maximum atomic E-state index is 5.34. The Labute approximate surface area is 386 Å². The lowest BCUT2D eigenvalue weighted by atomic mass is 9.79. The molecule has 1 aromatic heterocycles. The first-order chi connectivity index (χ1) is 32.7. The maximum absolute atomic E-state index is 5.34. The summed E-state index contributed by atoms with van der Waals surface area (Å²) in [7, 11) is 0. The highest BCUT2D eigenvalue weighted by atomic mass is 15.0. The molecule has 11 aromatic rings. The number of benzene rings is 10. The average Bonchev–Trinajstić information content (AvgIpc) is 3.41. The van der Waals surface area contributed by atoms with Crippen molar-refractivity contribution in [2.24, 2.45) is 0 Å². The first kappa shape index (κ1) is 40.0. The van der Waals surface area contributed by atoms with Crippen LogP contribution in [0.5, 0.6) is 0 Å². The van der Waals surface area contributed by atoms with E-state index < -0.39 is 0 Å². The third-order valence-electron chi connectivity index (χ3n) is 12.1. The Balaban J connectivity index is 1.17. The van der Waals surface area contributed by atoms with Gasteiger partial charge in [-0.05, 0) is 96.1 Å². The van der Waals surface area contributed by atoms with Crippen molar-refractivity contribution >= 4 is 0 Å². The van der Waals surface area contributed by atoms with E-state index in [4.69, 9.17) is 15.0 Å².